The van der Waals surface area contributed by atoms with Crippen LogP contribution in [0.4, 0.5) is 5.82 Å². The number of ether oxygens (including phenoxy) is 3. The third-order valence-corrected chi connectivity index (χ3v) is 14.2. The topological polar surface area (TPSA) is 306 Å². The van der Waals surface area contributed by atoms with Gasteiger partial charge < -0.3 is 50.2 Å². The maximum absolute atomic E-state index is 12.9. The van der Waals surface area contributed by atoms with E-state index in [9.17, 15) is 53.7 Å². The Morgan fingerprint density at radius 2 is 1.28 bits per heavy atom. The maximum Gasteiger partial charge on any atom is 0.481 e. The van der Waals surface area contributed by atoms with Gasteiger partial charge in [-0.3, -0.25) is 23.2 Å². The van der Waals surface area contributed by atoms with E-state index in [0.717, 1.165) is 68.6 Å². The zero-order valence-electron chi connectivity index (χ0n) is 42.4. The van der Waals surface area contributed by atoms with Gasteiger partial charge in [-0.15, -0.1) is 0 Å². The number of nitrogens with two attached hydrogens (primary N) is 1. The predicted octanol–water partition coefficient (Wildman–Crippen LogP) is 8.50. The second-order valence-electron chi connectivity index (χ2n) is 18.0. The summed E-state index contributed by atoms with van der Waals surface area (Å²) < 4.78 is 56.6. The molecule has 1 saturated heterocycles. The van der Waals surface area contributed by atoms with Gasteiger partial charge in [-0.05, 0) is 76.7 Å². The first-order chi connectivity index (χ1) is 34.5. The van der Waals surface area contributed by atoms with Crippen molar-refractivity contribution in [2.45, 2.75) is 211 Å². The summed E-state index contributed by atoms with van der Waals surface area (Å²) in [5.41, 5.74) is 4.57. The number of hydrogen-bond donors (Lipinski definition) is 7. The molecular formula is C50H85N3O17P2. The number of phosphoric acid groups is 2. The van der Waals surface area contributed by atoms with Crippen LogP contribution in [0.25, 0.3) is 0 Å². The van der Waals surface area contributed by atoms with Gasteiger partial charge in [0.15, 0.2) is 12.3 Å². The Morgan fingerprint density at radius 3 is 1.96 bits per heavy atom. The minimum atomic E-state index is -5.47. The highest BCUT2D eigenvalue weighted by Gasteiger charge is 2.46. The van der Waals surface area contributed by atoms with Crippen molar-refractivity contribution in [3.05, 3.63) is 71.4 Å². The summed E-state index contributed by atoms with van der Waals surface area (Å²) in [6.45, 7) is 1.89. The first-order valence-electron chi connectivity index (χ1n) is 25.8. The molecule has 0 bridgehead atoms. The number of carbonyl (C=O) groups is 2. The van der Waals surface area contributed by atoms with Crippen LogP contribution in [-0.2, 0) is 46.3 Å². The molecule has 0 radical (unpaired) electrons. The van der Waals surface area contributed by atoms with E-state index < -0.39 is 95.9 Å². The van der Waals surface area contributed by atoms with E-state index in [-0.39, 0.29) is 18.7 Å². The highest BCUT2D eigenvalue weighted by molar-refractivity contribution is 7.61. The number of nitrogens with zero attached hydrogens (tertiary/aromatic N) is 2. The zero-order chi connectivity index (χ0) is 53.0. The molecular weight excluding hydrogens is 977 g/mol. The number of nitrogen functional groups attached to an aromatic ring is 1. The molecule has 9 atom stereocenters. The highest BCUT2D eigenvalue weighted by Crippen LogP contribution is 2.60. The number of aromatic nitrogens is 2. The van der Waals surface area contributed by atoms with Crippen molar-refractivity contribution in [1.82, 2.24) is 9.55 Å². The molecule has 2 unspecified atom stereocenters. The highest BCUT2D eigenvalue weighted by atomic mass is 31.3. The van der Waals surface area contributed by atoms with Gasteiger partial charge in [-0.25, -0.2) is 13.9 Å². The average molecular weight is 1060 g/mol. The Kier molecular flexibility index (Phi) is 34.4. The van der Waals surface area contributed by atoms with Gasteiger partial charge >= 0.3 is 33.3 Å². The van der Waals surface area contributed by atoms with Crippen molar-refractivity contribution in [1.29, 1.82) is 0 Å². The van der Waals surface area contributed by atoms with Gasteiger partial charge in [0.2, 0.25) is 0 Å². The predicted molar refractivity (Wildman–Crippen MR) is 273 cm³/mol. The van der Waals surface area contributed by atoms with E-state index >= 15 is 0 Å². The third-order valence-electron chi connectivity index (χ3n) is 11.6. The van der Waals surface area contributed by atoms with Crippen LogP contribution in [0.5, 0.6) is 0 Å². The quantitative estimate of drug-likeness (QED) is 0.0140. The van der Waals surface area contributed by atoms with E-state index in [4.69, 9.17) is 29.0 Å². The first kappa shape index (κ1) is 64.8. The summed E-state index contributed by atoms with van der Waals surface area (Å²) in [7, 11) is -10.9. The molecule has 0 saturated carbocycles. The molecule has 1 aromatic heterocycles. The Morgan fingerprint density at radius 1 is 0.722 bits per heavy atom. The summed E-state index contributed by atoms with van der Waals surface area (Å²) in [5, 5.41) is 41.5. The van der Waals surface area contributed by atoms with Gasteiger partial charge in [-0.1, -0.05) is 133 Å². The van der Waals surface area contributed by atoms with Gasteiger partial charge in [0.25, 0.3) is 0 Å². The van der Waals surface area contributed by atoms with Crippen molar-refractivity contribution < 1.29 is 76.5 Å². The number of rotatable bonds is 42. The van der Waals surface area contributed by atoms with Crippen LogP contribution >= 0.6 is 15.6 Å². The van der Waals surface area contributed by atoms with Gasteiger partial charge in [0.1, 0.15) is 30.7 Å². The lowest BCUT2D eigenvalue weighted by molar-refractivity contribution is -0.161. The number of carbonyl (C=O) groups excluding carboxylic acids is 2. The molecule has 2 heterocycles. The number of aliphatic hydroxyl groups excluding tert-OH is 4. The van der Waals surface area contributed by atoms with Crippen molar-refractivity contribution in [3.63, 3.8) is 0 Å². The van der Waals surface area contributed by atoms with Crippen molar-refractivity contribution in [3.8, 4) is 0 Å². The molecule has 0 amide bonds. The minimum absolute atomic E-state index is 0.0162. The summed E-state index contributed by atoms with van der Waals surface area (Å²) in [6, 6.07) is 1.23. The molecule has 1 fully saturated rings. The molecule has 412 valence electrons. The van der Waals surface area contributed by atoms with Crippen LogP contribution in [0, 0.1) is 0 Å². The molecule has 20 nitrogen and oxygen atoms in total. The van der Waals surface area contributed by atoms with E-state index in [0.29, 0.717) is 44.9 Å². The molecule has 1 aromatic rings. The number of aliphatic hydroxyl groups is 4. The molecule has 0 aromatic carbocycles. The Bertz CT molecular complexity index is 1930. The molecule has 8 N–H and O–H groups in total. The molecule has 22 heteroatoms. The van der Waals surface area contributed by atoms with E-state index in [1.807, 2.05) is 24.3 Å². The summed E-state index contributed by atoms with van der Waals surface area (Å²) in [5.74, 6) is -1.48. The van der Waals surface area contributed by atoms with E-state index in [1.54, 1.807) is 0 Å². The average Bonchev–Trinajstić information content (AvgIpc) is 3.61. The van der Waals surface area contributed by atoms with Crippen molar-refractivity contribution in [2.75, 3.05) is 25.6 Å². The fourth-order valence-corrected chi connectivity index (χ4v) is 9.52. The van der Waals surface area contributed by atoms with Crippen molar-refractivity contribution >= 4 is 33.4 Å². The standard InChI is InChI=1S/C50H85N3O17P2/c1-3-5-7-9-11-12-13-14-15-16-17-18-19-20-21-25-30-34-46(57)68-40(37-65-45(56)33-29-26-22-24-28-32-42(55)41(54)31-27-23-10-8-6-4-2)38-66-71(61,62)70-72(63,64)67-39-43-47(58)48(59)49(69-43)53-36-35-44(51)52-50(53)60/h14-15,17-18,20-21,23,27,35-36,40-43,47-49,54-55,58-59H,3-13,16,19,22,24-26,28-34,37-39H2,1-2H3,(H,61,62)(H,63,64)(H2,51,52,60)/b15-14-,18-17-,21-20-,27-23-/t40-,41-,42-,43-,47-,48-,49-/m1/s1. The van der Waals surface area contributed by atoms with Gasteiger partial charge in [-0.2, -0.15) is 9.29 Å². The second kappa shape index (κ2) is 38.2. The number of unbranched alkanes of at least 4 members (excludes halogenated alkanes) is 14. The maximum atomic E-state index is 12.9. The summed E-state index contributed by atoms with van der Waals surface area (Å²) in [6.07, 6.45) is 27.9. The van der Waals surface area contributed by atoms with Crippen molar-refractivity contribution in [2.24, 2.45) is 0 Å². The van der Waals surface area contributed by atoms with Crippen LogP contribution in [0.3, 0.4) is 0 Å². The molecule has 72 heavy (non-hydrogen) atoms. The Labute approximate surface area is 425 Å². The lowest BCUT2D eigenvalue weighted by Crippen LogP contribution is -2.36. The molecule has 2 rings (SSSR count). The number of phosphoric ester groups is 2. The van der Waals surface area contributed by atoms with Gasteiger partial charge in [0, 0.05) is 19.0 Å². The Hall–Kier alpha value is -3.36. The lowest BCUT2D eigenvalue weighted by Gasteiger charge is -2.21. The van der Waals surface area contributed by atoms with E-state index in [2.05, 4.69) is 47.4 Å². The SMILES string of the molecule is CCCCC/C=C\C[C@@H](O)[C@H](O)CCCCCCCC(=O)OC[C@H](COP(=O)(O)OP(=O)(O)OC[C@H]1O[C@@H](n2ccc(N)nc2=O)[C@H](O)[C@@H]1O)OC(=O)CCC/C=C\C/C=C\C/C=C\CCCCCCCC. The largest absolute Gasteiger partial charge is 0.481 e. The third kappa shape index (κ3) is 30.1. The monoisotopic (exact) mass is 1060 g/mol. The van der Waals surface area contributed by atoms with Crippen LogP contribution in [0.2, 0.25) is 0 Å². The normalized spacial score (nSPS) is 20.3. The number of esters is 2. The minimum Gasteiger partial charge on any atom is -0.462 e. The zero-order valence-corrected chi connectivity index (χ0v) is 44.2. The second-order valence-corrected chi connectivity index (χ2v) is 21.0. The molecule has 0 spiro atoms. The number of hydrogen-bond acceptors (Lipinski definition) is 17. The van der Waals surface area contributed by atoms with Crippen LogP contribution < -0.4 is 11.4 Å². The van der Waals surface area contributed by atoms with Crippen LogP contribution in [-0.4, -0.2) is 108 Å². The Balaban J connectivity index is 1.85. The van der Waals surface area contributed by atoms with Crippen LogP contribution in [0.1, 0.15) is 174 Å². The smallest absolute Gasteiger partial charge is 0.462 e. The molecule has 0 aliphatic carbocycles. The van der Waals surface area contributed by atoms with Gasteiger partial charge in [0.05, 0.1) is 25.4 Å². The summed E-state index contributed by atoms with van der Waals surface area (Å²) >= 11 is 0. The fourth-order valence-electron chi connectivity index (χ4n) is 7.41. The van der Waals surface area contributed by atoms with E-state index in [1.165, 1.54) is 44.6 Å². The molecule has 1 aliphatic rings. The summed E-state index contributed by atoms with van der Waals surface area (Å²) in [4.78, 5) is 61.9. The first-order valence-corrected chi connectivity index (χ1v) is 28.8. The van der Waals surface area contributed by atoms with Crippen LogP contribution in [0.15, 0.2) is 65.7 Å². The number of allylic oxidation sites excluding steroid dienone is 7. The fraction of sp³-hybridized carbons (Fsp3) is 0.720. The lowest BCUT2D eigenvalue weighted by atomic mass is 10.0. The number of anilines is 1. The molecule has 1 aliphatic heterocycles.